The number of carbonyl (C=O) groups is 1. The predicted molar refractivity (Wildman–Crippen MR) is 75.7 cm³/mol. The van der Waals surface area contributed by atoms with Gasteiger partial charge in [0.1, 0.15) is 17.2 Å². The molecule has 0 bridgehead atoms. The molecular weight excluding hydrogens is 271 g/mol. The van der Waals surface area contributed by atoms with Crippen molar-refractivity contribution in [2.75, 3.05) is 7.11 Å². The summed E-state index contributed by atoms with van der Waals surface area (Å²) in [5, 5.41) is 0. The molecule has 0 saturated carbocycles. The van der Waals surface area contributed by atoms with Crippen LogP contribution in [-0.2, 0) is 11.2 Å². The van der Waals surface area contributed by atoms with Gasteiger partial charge in [0.05, 0.1) is 12.8 Å². The molecule has 0 amide bonds. The maximum atomic E-state index is 13.7. The minimum atomic E-state index is -0.435. The fourth-order valence-corrected chi connectivity index (χ4v) is 2.25. The lowest BCUT2D eigenvalue weighted by Gasteiger charge is -2.01. The molecule has 3 aromatic rings. The number of aromatic nitrogens is 2. The van der Waals surface area contributed by atoms with E-state index in [1.807, 2.05) is 0 Å². The third-order valence-electron chi connectivity index (χ3n) is 3.27. The first-order valence-electron chi connectivity index (χ1n) is 6.48. The van der Waals surface area contributed by atoms with Gasteiger partial charge in [-0.3, -0.25) is 4.40 Å². The van der Waals surface area contributed by atoms with E-state index in [2.05, 4.69) is 4.98 Å². The average molecular weight is 284 g/mol. The second-order valence-electron chi connectivity index (χ2n) is 4.63. The van der Waals surface area contributed by atoms with Crippen molar-refractivity contribution >= 4 is 11.6 Å². The summed E-state index contributed by atoms with van der Waals surface area (Å²) in [6, 6.07) is 11.8. The smallest absolute Gasteiger partial charge is 0.355 e. The summed E-state index contributed by atoms with van der Waals surface area (Å²) >= 11 is 0. The van der Waals surface area contributed by atoms with E-state index in [0.29, 0.717) is 29.0 Å². The molecule has 0 spiro atoms. The van der Waals surface area contributed by atoms with Gasteiger partial charge in [-0.25, -0.2) is 14.2 Å². The number of fused-ring (bicyclic) bond motifs is 1. The molecule has 2 aromatic heterocycles. The zero-order chi connectivity index (χ0) is 14.8. The van der Waals surface area contributed by atoms with E-state index in [4.69, 9.17) is 4.74 Å². The number of pyridine rings is 1. The van der Waals surface area contributed by atoms with E-state index in [1.54, 1.807) is 47.0 Å². The van der Waals surface area contributed by atoms with Crippen molar-refractivity contribution in [3.8, 4) is 0 Å². The van der Waals surface area contributed by atoms with Crippen molar-refractivity contribution in [2.45, 2.75) is 6.42 Å². The maximum absolute atomic E-state index is 13.7. The monoisotopic (exact) mass is 284 g/mol. The number of imidazole rings is 1. The van der Waals surface area contributed by atoms with Crippen molar-refractivity contribution in [1.82, 2.24) is 9.38 Å². The van der Waals surface area contributed by atoms with Gasteiger partial charge in [-0.1, -0.05) is 24.3 Å². The fraction of sp³-hybridized carbons (Fsp3) is 0.125. The molecule has 4 nitrogen and oxygen atoms in total. The van der Waals surface area contributed by atoms with Crippen LogP contribution >= 0.6 is 0 Å². The van der Waals surface area contributed by atoms with E-state index in [-0.39, 0.29) is 5.82 Å². The molecule has 0 aliphatic rings. The lowest BCUT2D eigenvalue weighted by Crippen LogP contribution is -2.06. The summed E-state index contributed by atoms with van der Waals surface area (Å²) in [4.78, 5) is 16.1. The quantitative estimate of drug-likeness (QED) is 0.695. The molecule has 3 rings (SSSR count). The van der Waals surface area contributed by atoms with Crippen molar-refractivity contribution in [3.63, 3.8) is 0 Å². The summed E-state index contributed by atoms with van der Waals surface area (Å²) in [5.41, 5.74) is 2.28. The molecule has 5 heteroatoms. The molecular formula is C16H13FN2O2. The predicted octanol–water partition coefficient (Wildman–Crippen LogP) is 2.85. The Morgan fingerprint density at radius 2 is 2.05 bits per heavy atom. The minimum Gasteiger partial charge on any atom is -0.464 e. The van der Waals surface area contributed by atoms with Gasteiger partial charge in [-0.15, -0.1) is 0 Å². The van der Waals surface area contributed by atoms with Crippen LogP contribution in [0.3, 0.4) is 0 Å². The first kappa shape index (κ1) is 13.3. The minimum absolute atomic E-state index is 0.261. The van der Waals surface area contributed by atoms with Gasteiger partial charge in [-0.2, -0.15) is 0 Å². The number of benzene rings is 1. The van der Waals surface area contributed by atoms with E-state index in [9.17, 15) is 9.18 Å². The zero-order valence-electron chi connectivity index (χ0n) is 11.4. The van der Waals surface area contributed by atoms with Crippen LogP contribution in [0.15, 0.2) is 48.7 Å². The summed E-state index contributed by atoms with van der Waals surface area (Å²) in [7, 11) is 1.33. The Morgan fingerprint density at radius 1 is 1.24 bits per heavy atom. The summed E-state index contributed by atoms with van der Waals surface area (Å²) in [6.07, 6.45) is 2.10. The molecule has 2 heterocycles. The van der Waals surface area contributed by atoms with Gasteiger partial charge < -0.3 is 4.74 Å². The standard InChI is InChI=1S/C16H13FN2O2/c1-21-16(20)14-7-4-8-15-18-12(10-19(14)15)9-11-5-2-3-6-13(11)17/h2-8,10H,9H2,1H3. The molecule has 0 aliphatic carbocycles. The largest absolute Gasteiger partial charge is 0.464 e. The number of rotatable bonds is 3. The molecule has 1 aromatic carbocycles. The van der Waals surface area contributed by atoms with E-state index in [0.717, 1.165) is 0 Å². The molecule has 0 fully saturated rings. The van der Waals surface area contributed by atoms with Crippen LogP contribution < -0.4 is 0 Å². The highest BCUT2D eigenvalue weighted by atomic mass is 19.1. The highest BCUT2D eigenvalue weighted by Crippen LogP contribution is 2.15. The number of methoxy groups -OCH3 is 1. The fourth-order valence-electron chi connectivity index (χ4n) is 2.25. The molecule has 21 heavy (non-hydrogen) atoms. The molecule has 106 valence electrons. The Balaban J connectivity index is 2.02. The molecule has 0 atom stereocenters. The third-order valence-corrected chi connectivity index (χ3v) is 3.27. The number of halogens is 1. The Morgan fingerprint density at radius 3 is 2.81 bits per heavy atom. The average Bonchev–Trinajstić information content (AvgIpc) is 2.91. The van der Waals surface area contributed by atoms with E-state index < -0.39 is 5.97 Å². The van der Waals surface area contributed by atoms with Gasteiger partial charge in [0.15, 0.2) is 0 Å². The van der Waals surface area contributed by atoms with Crippen LogP contribution in [-0.4, -0.2) is 22.5 Å². The van der Waals surface area contributed by atoms with Crippen molar-refractivity contribution in [3.05, 3.63) is 71.4 Å². The van der Waals surface area contributed by atoms with Crippen molar-refractivity contribution in [1.29, 1.82) is 0 Å². The molecule has 0 aliphatic heterocycles. The Bertz CT molecular complexity index is 811. The zero-order valence-corrected chi connectivity index (χ0v) is 11.4. The van der Waals surface area contributed by atoms with Gasteiger partial charge in [0.2, 0.25) is 0 Å². The van der Waals surface area contributed by atoms with Crippen molar-refractivity contribution < 1.29 is 13.9 Å². The second-order valence-corrected chi connectivity index (χ2v) is 4.63. The summed E-state index contributed by atoms with van der Waals surface area (Å²) in [6.45, 7) is 0. The van der Waals surface area contributed by atoms with Crippen LogP contribution in [0, 0.1) is 5.82 Å². The molecule has 0 saturated heterocycles. The Labute approximate surface area is 120 Å². The highest BCUT2D eigenvalue weighted by Gasteiger charge is 2.12. The summed E-state index contributed by atoms with van der Waals surface area (Å²) < 4.78 is 20.1. The highest BCUT2D eigenvalue weighted by molar-refractivity contribution is 5.88. The number of hydrogen-bond donors (Lipinski definition) is 0. The number of carbonyl (C=O) groups excluding carboxylic acids is 1. The number of hydrogen-bond acceptors (Lipinski definition) is 3. The van der Waals surface area contributed by atoms with E-state index in [1.165, 1.54) is 13.2 Å². The van der Waals surface area contributed by atoms with Gasteiger partial charge in [0.25, 0.3) is 0 Å². The van der Waals surface area contributed by atoms with E-state index >= 15 is 0 Å². The normalized spacial score (nSPS) is 10.8. The molecule has 0 radical (unpaired) electrons. The van der Waals surface area contributed by atoms with Crippen LogP contribution in [0.4, 0.5) is 4.39 Å². The van der Waals surface area contributed by atoms with Gasteiger partial charge >= 0.3 is 5.97 Å². The number of esters is 1. The van der Waals surface area contributed by atoms with Crippen LogP contribution in [0.25, 0.3) is 5.65 Å². The van der Waals surface area contributed by atoms with Gasteiger partial charge in [-0.05, 0) is 23.8 Å². The lowest BCUT2D eigenvalue weighted by atomic mass is 10.1. The van der Waals surface area contributed by atoms with Crippen LogP contribution in [0.2, 0.25) is 0 Å². The Hall–Kier alpha value is -2.69. The first-order chi connectivity index (χ1) is 10.2. The maximum Gasteiger partial charge on any atom is 0.355 e. The van der Waals surface area contributed by atoms with Crippen LogP contribution in [0.5, 0.6) is 0 Å². The van der Waals surface area contributed by atoms with Gasteiger partial charge in [0, 0.05) is 12.6 Å². The Kier molecular flexibility index (Phi) is 3.39. The SMILES string of the molecule is COC(=O)c1cccc2nc(Cc3ccccc3F)cn12. The van der Waals surface area contributed by atoms with Crippen LogP contribution in [0.1, 0.15) is 21.7 Å². The number of ether oxygens (including phenoxy) is 1. The molecule has 0 unspecified atom stereocenters. The second kappa shape index (κ2) is 5.36. The summed E-state index contributed by atoms with van der Waals surface area (Å²) in [5.74, 6) is -0.696. The molecule has 0 N–H and O–H groups in total. The lowest BCUT2D eigenvalue weighted by molar-refractivity contribution is 0.0592. The topological polar surface area (TPSA) is 43.6 Å². The number of nitrogens with zero attached hydrogens (tertiary/aromatic N) is 2. The van der Waals surface area contributed by atoms with Crippen molar-refractivity contribution in [2.24, 2.45) is 0 Å². The first-order valence-corrected chi connectivity index (χ1v) is 6.48. The third kappa shape index (κ3) is 2.50.